The highest BCUT2D eigenvalue weighted by Crippen LogP contribution is 2.14. The van der Waals surface area contributed by atoms with Crippen LogP contribution in [0.15, 0.2) is 46.4 Å². The number of carbonyl (C=O) groups excluding carboxylic acids is 1. The summed E-state index contributed by atoms with van der Waals surface area (Å²) in [5.41, 5.74) is 11.4. The highest BCUT2D eigenvalue weighted by Gasteiger charge is 2.16. The van der Waals surface area contributed by atoms with Crippen molar-refractivity contribution in [2.45, 2.75) is 6.42 Å². The van der Waals surface area contributed by atoms with E-state index in [1.165, 1.54) is 6.20 Å². The largest absolute Gasteiger partial charge is 0.456 e. The first-order valence-electron chi connectivity index (χ1n) is 7.19. The summed E-state index contributed by atoms with van der Waals surface area (Å²) in [7, 11) is 0. The number of amides is 1. The number of hydrogen-bond donors (Lipinski definition) is 3. The number of aromatic amines is 1. The summed E-state index contributed by atoms with van der Waals surface area (Å²) in [6, 6.07) is 0. The molecule has 6 heteroatoms. The molecule has 4 N–H and O–H groups in total. The zero-order valence-corrected chi connectivity index (χ0v) is 12.2. The molecule has 0 atom stereocenters. The number of nitrogens with one attached hydrogen (secondary N) is 2. The molecule has 0 aliphatic heterocycles. The zero-order valence-electron chi connectivity index (χ0n) is 12.2. The molecule has 0 saturated carbocycles. The van der Waals surface area contributed by atoms with Crippen LogP contribution in [0.25, 0.3) is 18.2 Å². The van der Waals surface area contributed by atoms with E-state index in [4.69, 9.17) is 10.2 Å². The van der Waals surface area contributed by atoms with Gasteiger partial charge in [-0.05, 0) is 30.4 Å². The average Bonchev–Trinajstić information content (AvgIpc) is 3.12. The molecule has 2 aliphatic rings. The van der Waals surface area contributed by atoms with Gasteiger partial charge in [-0.1, -0.05) is 6.08 Å². The van der Waals surface area contributed by atoms with Crippen molar-refractivity contribution in [3.63, 3.8) is 0 Å². The van der Waals surface area contributed by atoms with Gasteiger partial charge in [-0.25, -0.2) is 0 Å². The lowest BCUT2D eigenvalue weighted by Crippen LogP contribution is -2.21. The first-order chi connectivity index (χ1) is 11.2. The van der Waals surface area contributed by atoms with Crippen molar-refractivity contribution in [2.75, 3.05) is 0 Å². The molecule has 2 aromatic rings. The molecule has 2 aliphatic carbocycles. The van der Waals surface area contributed by atoms with Crippen LogP contribution in [-0.4, -0.2) is 16.1 Å². The number of allylic oxidation sites excluding steroid dienone is 4. The fourth-order valence-electron chi connectivity index (χ4n) is 2.66. The van der Waals surface area contributed by atoms with Gasteiger partial charge in [0.2, 0.25) is 0 Å². The van der Waals surface area contributed by atoms with Gasteiger partial charge in [-0.15, -0.1) is 0 Å². The number of aromatic nitrogens is 2. The quantitative estimate of drug-likeness (QED) is 0.743. The lowest BCUT2D eigenvalue weighted by Gasteiger charge is -2.06. The summed E-state index contributed by atoms with van der Waals surface area (Å²) in [5.74, 6) is -0.221. The van der Waals surface area contributed by atoms with Gasteiger partial charge >= 0.3 is 0 Å². The van der Waals surface area contributed by atoms with Gasteiger partial charge in [0.15, 0.2) is 0 Å². The second-order valence-corrected chi connectivity index (χ2v) is 5.37. The molecule has 6 nitrogen and oxygen atoms in total. The van der Waals surface area contributed by atoms with Crippen molar-refractivity contribution < 1.29 is 9.21 Å². The summed E-state index contributed by atoms with van der Waals surface area (Å²) in [6.07, 6.45) is 14.8. The first kappa shape index (κ1) is 13.4. The number of H-pyrrole nitrogens is 1. The van der Waals surface area contributed by atoms with Crippen LogP contribution >= 0.6 is 0 Å². The topological polar surface area (TPSA) is 96.9 Å². The van der Waals surface area contributed by atoms with E-state index in [2.05, 4.69) is 15.5 Å². The van der Waals surface area contributed by atoms with Gasteiger partial charge in [-0.2, -0.15) is 5.10 Å². The zero-order chi connectivity index (χ0) is 15.8. The van der Waals surface area contributed by atoms with Crippen LogP contribution < -0.4 is 21.9 Å². The molecule has 0 saturated heterocycles. The van der Waals surface area contributed by atoms with Crippen molar-refractivity contribution >= 4 is 24.1 Å². The minimum absolute atomic E-state index is 0.221. The van der Waals surface area contributed by atoms with Gasteiger partial charge in [0.1, 0.15) is 10.8 Å². The number of nitrogens with two attached hydrogens (primary N) is 1. The van der Waals surface area contributed by atoms with Gasteiger partial charge in [0, 0.05) is 35.1 Å². The summed E-state index contributed by atoms with van der Waals surface area (Å²) in [5, 5.41) is 9.27. The number of nitrogens with zero attached hydrogens (tertiary/aromatic N) is 1. The van der Waals surface area contributed by atoms with E-state index in [0.29, 0.717) is 17.7 Å². The number of furan rings is 1. The Balaban J connectivity index is 1.72. The first-order valence-corrected chi connectivity index (χ1v) is 7.19. The van der Waals surface area contributed by atoms with E-state index in [-0.39, 0.29) is 5.91 Å². The molecule has 0 bridgehead atoms. The normalized spacial score (nSPS) is 15.3. The van der Waals surface area contributed by atoms with Crippen LogP contribution in [0.3, 0.4) is 0 Å². The standard InChI is InChI=1S/C17H14N4O2/c18-11-4-5-16-13(6-11)14-7-12(2-1-3-15(14)23-16)21-17(22)10-8-19-20-9-10/h1-5,7-9H,6,18H2,(H,19,20)(H,21,22). The van der Waals surface area contributed by atoms with Crippen molar-refractivity contribution in [2.24, 2.45) is 5.73 Å². The Bertz CT molecular complexity index is 988. The molecule has 0 spiro atoms. The highest BCUT2D eigenvalue weighted by atomic mass is 16.3. The second-order valence-electron chi connectivity index (χ2n) is 5.37. The predicted molar refractivity (Wildman–Crippen MR) is 86.0 cm³/mol. The minimum atomic E-state index is -0.221. The Labute approximate surface area is 131 Å². The summed E-state index contributed by atoms with van der Waals surface area (Å²) >= 11 is 0. The highest BCUT2D eigenvalue weighted by molar-refractivity contribution is 5.95. The van der Waals surface area contributed by atoms with E-state index < -0.39 is 0 Å². The maximum absolute atomic E-state index is 12.2. The SMILES string of the molecule is NC1=CC=c2oc3c(c2C1)C=C(NC(=O)c1cn[nH]c1)C=CC=3. The Morgan fingerprint density at radius 3 is 3.04 bits per heavy atom. The molecular weight excluding hydrogens is 292 g/mol. The maximum atomic E-state index is 12.2. The van der Waals surface area contributed by atoms with Gasteiger partial charge < -0.3 is 15.5 Å². The third-order valence-electron chi connectivity index (χ3n) is 3.78. The average molecular weight is 306 g/mol. The lowest BCUT2D eigenvalue weighted by molar-refractivity contribution is 0.0967. The van der Waals surface area contributed by atoms with Crippen LogP contribution in [0.5, 0.6) is 0 Å². The summed E-state index contributed by atoms with van der Waals surface area (Å²) in [6.45, 7) is 0. The molecule has 4 rings (SSSR count). The van der Waals surface area contributed by atoms with Crippen LogP contribution in [0.2, 0.25) is 0 Å². The number of carbonyl (C=O) groups is 1. The van der Waals surface area contributed by atoms with Gasteiger partial charge in [0.25, 0.3) is 5.91 Å². The fourth-order valence-corrected chi connectivity index (χ4v) is 2.66. The molecule has 2 aromatic heterocycles. The minimum Gasteiger partial charge on any atom is -0.456 e. The molecule has 0 radical (unpaired) electrons. The molecule has 0 fully saturated rings. The molecule has 0 aromatic carbocycles. The van der Waals surface area contributed by atoms with Gasteiger partial charge in [-0.3, -0.25) is 9.89 Å². The van der Waals surface area contributed by atoms with E-state index in [9.17, 15) is 4.79 Å². The smallest absolute Gasteiger partial charge is 0.258 e. The van der Waals surface area contributed by atoms with Gasteiger partial charge in [0.05, 0.1) is 11.8 Å². The van der Waals surface area contributed by atoms with E-state index in [0.717, 1.165) is 27.7 Å². The third kappa shape index (κ3) is 2.40. The number of hydrogen-bond acceptors (Lipinski definition) is 4. The van der Waals surface area contributed by atoms with Crippen LogP contribution in [-0.2, 0) is 6.42 Å². The van der Waals surface area contributed by atoms with Crippen molar-refractivity contribution in [3.05, 3.63) is 69.5 Å². The van der Waals surface area contributed by atoms with E-state index in [1.54, 1.807) is 6.20 Å². The number of rotatable bonds is 2. The Hall–Kier alpha value is -3.28. The van der Waals surface area contributed by atoms with Crippen LogP contribution in [0, 0.1) is 0 Å². The van der Waals surface area contributed by atoms with Crippen molar-refractivity contribution in [3.8, 4) is 0 Å². The molecule has 1 amide bonds. The van der Waals surface area contributed by atoms with Crippen LogP contribution in [0.1, 0.15) is 21.5 Å². The van der Waals surface area contributed by atoms with E-state index >= 15 is 0 Å². The lowest BCUT2D eigenvalue weighted by atomic mass is 10.0. The maximum Gasteiger partial charge on any atom is 0.258 e. The Morgan fingerprint density at radius 1 is 1.30 bits per heavy atom. The summed E-state index contributed by atoms with van der Waals surface area (Å²) in [4.78, 5) is 12.2. The summed E-state index contributed by atoms with van der Waals surface area (Å²) < 4.78 is 5.85. The molecule has 0 unspecified atom stereocenters. The third-order valence-corrected chi connectivity index (χ3v) is 3.78. The molecule has 23 heavy (non-hydrogen) atoms. The Kier molecular flexibility index (Phi) is 3.01. The Morgan fingerprint density at radius 2 is 2.22 bits per heavy atom. The fraction of sp³-hybridized carbons (Fsp3) is 0.0588. The van der Waals surface area contributed by atoms with Crippen molar-refractivity contribution in [1.82, 2.24) is 15.5 Å². The van der Waals surface area contributed by atoms with Crippen molar-refractivity contribution in [1.29, 1.82) is 0 Å². The second kappa shape index (κ2) is 5.17. The molecule has 114 valence electrons. The predicted octanol–water partition coefficient (Wildman–Crippen LogP) is 0.303. The molecular formula is C17H14N4O2. The molecule has 2 heterocycles. The number of fused-ring (bicyclic) bond motifs is 3. The monoisotopic (exact) mass is 306 g/mol. The van der Waals surface area contributed by atoms with E-state index in [1.807, 2.05) is 36.5 Å². The van der Waals surface area contributed by atoms with Crippen LogP contribution in [0.4, 0.5) is 0 Å².